The lowest BCUT2D eigenvalue weighted by atomic mass is 9.95. The summed E-state index contributed by atoms with van der Waals surface area (Å²) in [6, 6.07) is 17.0. The van der Waals surface area contributed by atoms with Crippen molar-refractivity contribution in [2.45, 2.75) is 19.9 Å². The maximum atomic E-state index is 13.3. The largest absolute Gasteiger partial charge is 0.321 e. The molecule has 3 aromatic rings. The van der Waals surface area contributed by atoms with E-state index in [4.69, 9.17) is 4.98 Å². The van der Waals surface area contributed by atoms with E-state index in [1.807, 2.05) is 30.3 Å². The summed E-state index contributed by atoms with van der Waals surface area (Å²) in [5, 5.41) is 13.1. The molecular formula is C22H20N4O. The van der Waals surface area contributed by atoms with E-state index in [0.717, 1.165) is 41.7 Å². The van der Waals surface area contributed by atoms with Crippen molar-refractivity contribution < 1.29 is 4.79 Å². The fraction of sp³-hybridized carbons (Fsp3) is 0.227. The van der Waals surface area contributed by atoms with Crippen LogP contribution in [0.5, 0.6) is 0 Å². The zero-order valence-corrected chi connectivity index (χ0v) is 15.2. The summed E-state index contributed by atoms with van der Waals surface area (Å²) in [5.41, 5.74) is 4.48. The van der Waals surface area contributed by atoms with Crippen molar-refractivity contribution in [2.24, 2.45) is 0 Å². The Bertz CT molecular complexity index is 1070. The number of para-hydroxylation sites is 2. The Balaban J connectivity index is 1.84. The lowest BCUT2D eigenvalue weighted by molar-refractivity contribution is 0.102. The number of hydrogen-bond acceptors (Lipinski definition) is 4. The molecule has 5 heteroatoms. The summed E-state index contributed by atoms with van der Waals surface area (Å²) >= 11 is 0. The fourth-order valence-corrected chi connectivity index (χ4v) is 3.65. The highest BCUT2D eigenvalue weighted by molar-refractivity contribution is 6.14. The number of anilines is 1. The Labute approximate surface area is 158 Å². The van der Waals surface area contributed by atoms with Crippen LogP contribution in [0.3, 0.4) is 0 Å². The first-order chi connectivity index (χ1) is 13.2. The summed E-state index contributed by atoms with van der Waals surface area (Å²) in [5.74, 6) is -0.189. The van der Waals surface area contributed by atoms with Gasteiger partial charge in [-0.2, -0.15) is 5.26 Å². The maximum absolute atomic E-state index is 13.3. The SMILES string of the molecule is CCN1CCc2nc3ccccc3c(C(=O)Nc3ccccc3C#N)c2C1. The van der Waals surface area contributed by atoms with E-state index in [2.05, 4.69) is 23.2 Å². The molecule has 1 aromatic heterocycles. The van der Waals surface area contributed by atoms with Gasteiger partial charge in [0.1, 0.15) is 6.07 Å². The number of amides is 1. The second-order valence-electron chi connectivity index (χ2n) is 6.66. The molecule has 1 aliphatic heterocycles. The summed E-state index contributed by atoms with van der Waals surface area (Å²) in [6.07, 6.45) is 0.836. The molecule has 2 heterocycles. The van der Waals surface area contributed by atoms with E-state index in [-0.39, 0.29) is 5.91 Å². The first-order valence-corrected chi connectivity index (χ1v) is 9.14. The monoisotopic (exact) mass is 356 g/mol. The van der Waals surface area contributed by atoms with Gasteiger partial charge in [0.25, 0.3) is 5.91 Å². The Kier molecular flexibility index (Phi) is 4.57. The van der Waals surface area contributed by atoms with Crippen molar-refractivity contribution >= 4 is 22.5 Å². The first-order valence-electron chi connectivity index (χ1n) is 9.14. The zero-order valence-electron chi connectivity index (χ0n) is 15.2. The van der Waals surface area contributed by atoms with E-state index in [9.17, 15) is 10.1 Å². The van der Waals surface area contributed by atoms with Gasteiger partial charge in [-0.3, -0.25) is 14.7 Å². The number of nitriles is 1. The number of nitrogens with one attached hydrogen (secondary N) is 1. The van der Waals surface area contributed by atoms with Gasteiger partial charge in [-0.25, -0.2) is 0 Å². The summed E-state index contributed by atoms with van der Waals surface area (Å²) in [4.78, 5) is 20.4. The van der Waals surface area contributed by atoms with Gasteiger partial charge in [0.05, 0.1) is 22.3 Å². The van der Waals surface area contributed by atoms with Crippen molar-refractivity contribution in [2.75, 3.05) is 18.4 Å². The van der Waals surface area contributed by atoms with Gasteiger partial charge in [-0.15, -0.1) is 0 Å². The topological polar surface area (TPSA) is 69.0 Å². The minimum Gasteiger partial charge on any atom is -0.321 e. The third-order valence-corrected chi connectivity index (χ3v) is 5.10. The third-order valence-electron chi connectivity index (χ3n) is 5.10. The number of carbonyl (C=O) groups excluding carboxylic acids is 1. The van der Waals surface area contributed by atoms with Gasteiger partial charge in [-0.1, -0.05) is 37.3 Å². The number of pyridine rings is 1. The molecule has 5 nitrogen and oxygen atoms in total. The molecule has 2 aromatic carbocycles. The van der Waals surface area contributed by atoms with E-state index < -0.39 is 0 Å². The van der Waals surface area contributed by atoms with Crippen molar-refractivity contribution in [3.63, 3.8) is 0 Å². The molecule has 27 heavy (non-hydrogen) atoms. The average Bonchev–Trinajstić information content (AvgIpc) is 2.71. The maximum Gasteiger partial charge on any atom is 0.256 e. The fourth-order valence-electron chi connectivity index (χ4n) is 3.65. The summed E-state index contributed by atoms with van der Waals surface area (Å²) in [7, 11) is 0. The van der Waals surface area contributed by atoms with Crippen LogP contribution in [0.25, 0.3) is 10.9 Å². The predicted molar refractivity (Wildman–Crippen MR) is 106 cm³/mol. The molecule has 0 spiro atoms. The third kappa shape index (κ3) is 3.16. The van der Waals surface area contributed by atoms with Crippen molar-refractivity contribution in [3.05, 3.63) is 70.9 Å². The molecule has 0 saturated carbocycles. The highest BCUT2D eigenvalue weighted by Crippen LogP contribution is 2.29. The number of hydrogen-bond donors (Lipinski definition) is 1. The Hall–Kier alpha value is -3.23. The molecule has 0 aliphatic carbocycles. The molecule has 1 aliphatic rings. The molecule has 134 valence electrons. The molecule has 1 N–H and O–H groups in total. The first kappa shape index (κ1) is 17.2. The quantitative estimate of drug-likeness (QED) is 0.776. The Morgan fingerprint density at radius 3 is 2.81 bits per heavy atom. The van der Waals surface area contributed by atoms with Crippen LogP contribution in [0.2, 0.25) is 0 Å². The Morgan fingerprint density at radius 2 is 2.00 bits per heavy atom. The van der Waals surface area contributed by atoms with Crippen molar-refractivity contribution in [1.29, 1.82) is 5.26 Å². The second-order valence-corrected chi connectivity index (χ2v) is 6.66. The van der Waals surface area contributed by atoms with E-state index in [1.54, 1.807) is 18.2 Å². The van der Waals surface area contributed by atoms with Crippen LogP contribution >= 0.6 is 0 Å². The van der Waals surface area contributed by atoms with Crippen molar-refractivity contribution in [1.82, 2.24) is 9.88 Å². The predicted octanol–water partition coefficient (Wildman–Crippen LogP) is 3.74. The minimum atomic E-state index is -0.189. The lowest BCUT2D eigenvalue weighted by Gasteiger charge is -2.29. The molecular weight excluding hydrogens is 336 g/mol. The van der Waals surface area contributed by atoms with Crippen LogP contribution in [-0.4, -0.2) is 28.9 Å². The number of fused-ring (bicyclic) bond motifs is 2. The number of nitrogens with zero attached hydrogens (tertiary/aromatic N) is 3. The van der Waals surface area contributed by atoms with Gasteiger partial charge in [0.2, 0.25) is 0 Å². The smallest absolute Gasteiger partial charge is 0.256 e. The van der Waals surface area contributed by atoms with Gasteiger partial charge >= 0.3 is 0 Å². The number of aromatic nitrogens is 1. The average molecular weight is 356 g/mol. The van der Waals surface area contributed by atoms with E-state index in [1.165, 1.54) is 0 Å². The van der Waals surface area contributed by atoms with E-state index in [0.29, 0.717) is 23.4 Å². The molecule has 0 saturated heterocycles. The number of rotatable bonds is 3. The molecule has 0 fully saturated rings. The molecule has 1 amide bonds. The van der Waals surface area contributed by atoms with Crippen LogP contribution in [-0.2, 0) is 13.0 Å². The number of benzene rings is 2. The van der Waals surface area contributed by atoms with Gasteiger partial charge in [0.15, 0.2) is 0 Å². The number of likely N-dealkylation sites (N-methyl/N-ethyl adjacent to an activating group) is 1. The molecule has 0 radical (unpaired) electrons. The highest BCUT2D eigenvalue weighted by atomic mass is 16.1. The van der Waals surface area contributed by atoms with E-state index >= 15 is 0 Å². The number of carbonyl (C=O) groups is 1. The summed E-state index contributed by atoms with van der Waals surface area (Å²) < 4.78 is 0. The van der Waals surface area contributed by atoms with Crippen LogP contribution in [0, 0.1) is 11.3 Å². The van der Waals surface area contributed by atoms with Crippen LogP contribution in [0.15, 0.2) is 48.5 Å². The Morgan fingerprint density at radius 1 is 1.22 bits per heavy atom. The second kappa shape index (κ2) is 7.18. The van der Waals surface area contributed by atoms with Gasteiger partial charge < -0.3 is 5.32 Å². The minimum absolute atomic E-state index is 0.189. The zero-order chi connectivity index (χ0) is 18.8. The van der Waals surface area contributed by atoms with Gasteiger partial charge in [0, 0.05) is 36.2 Å². The summed E-state index contributed by atoms with van der Waals surface area (Å²) in [6.45, 7) is 4.73. The normalized spacial score (nSPS) is 13.8. The molecule has 0 unspecified atom stereocenters. The lowest BCUT2D eigenvalue weighted by Crippen LogP contribution is -2.33. The van der Waals surface area contributed by atoms with Crippen LogP contribution in [0.1, 0.15) is 34.1 Å². The molecule has 0 atom stereocenters. The standard InChI is InChI=1S/C22H20N4O/c1-2-26-12-11-20-17(14-26)21(16-8-4-6-10-19(16)24-20)22(27)25-18-9-5-3-7-15(18)13-23/h3-10H,2,11-12,14H2,1H3,(H,25,27). The molecule has 0 bridgehead atoms. The van der Waals surface area contributed by atoms with Crippen molar-refractivity contribution in [3.8, 4) is 6.07 Å². The van der Waals surface area contributed by atoms with Gasteiger partial charge in [-0.05, 0) is 24.7 Å². The van der Waals surface area contributed by atoms with Crippen LogP contribution in [0.4, 0.5) is 5.69 Å². The highest BCUT2D eigenvalue weighted by Gasteiger charge is 2.25. The molecule has 4 rings (SSSR count). The van der Waals surface area contributed by atoms with Crippen LogP contribution < -0.4 is 5.32 Å².